The molecule has 98 valence electrons. The van der Waals surface area contributed by atoms with Crippen LogP contribution in [0.3, 0.4) is 0 Å². The van der Waals surface area contributed by atoms with Crippen molar-refractivity contribution in [2.45, 2.75) is 33.1 Å². The molecule has 4 heteroatoms. The summed E-state index contributed by atoms with van der Waals surface area (Å²) in [5, 5.41) is 2.69. The number of esters is 1. The predicted octanol–water partition coefficient (Wildman–Crippen LogP) is 2.70. The van der Waals surface area contributed by atoms with Crippen LogP contribution >= 0.6 is 0 Å². The Bertz CT molecular complexity index is 412. The van der Waals surface area contributed by atoms with Gasteiger partial charge < -0.3 is 10.1 Å². The molecule has 1 aromatic carbocycles. The molecule has 1 amide bonds. The van der Waals surface area contributed by atoms with E-state index in [0.717, 1.165) is 11.3 Å². The average molecular weight is 249 g/mol. The van der Waals surface area contributed by atoms with Crippen molar-refractivity contribution in [3.63, 3.8) is 0 Å². The number of nitrogens with one attached hydrogen (secondary N) is 1. The molecule has 0 spiro atoms. The molecule has 0 aromatic heterocycles. The van der Waals surface area contributed by atoms with Crippen molar-refractivity contribution in [2.75, 3.05) is 11.9 Å². The molecule has 0 aliphatic rings. The van der Waals surface area contributed by atoms with Crippen molar-refractivity contribution in [1.82, 2.24) is 0 Å². The maximum Gasteiger partial charge on any atom is 0.313 e. The number of rotatable bonds is 5. The lowest BCUT2D eigenvalue weighted by Crippen LogP contribution is -2.15. The van der Waals surface area contributed by atoms with Crippen LogP contribution in [0.1, 0.15) is 38.7 Å². The Balaban J connectivity index is 2.81. The standard InChI is InChI=1S/C14H19NO3/c1-4-13(14(17)18-5-2)11-6-8-12(9-7-11)15-10(3)16/h6-9,13H,4-5H2,1-3H3,(H,15,16)/t13-/m1/s1. The Morgan fingerprint density at radius 3 is 2.28 bits per heavy atom. The van der Waals surface area contributed by atoms with E-state index in [1.807, 2.05) is 19.1 Å². The normalized spacial score (nSPS) is 11.7. The van der Waals surface area contributed by atoms with Crippen LogP contribution in [0.25, 0.3) is 0 Å². The van der Waals surface area contributed by atoms with Gasteiger partial charge in [-0.15, -0.1) is 0 Å². The lowest BCUT2D eigenvalue weighted by Gasteiger charge is -2.14. The zero-order valence-electron chi connectivity index (χ0n) is 11.0. The monoisotopic (exact) mass is 249 g/mol. The molecule has 0 radical (unpaired) electrons. The maximum absolute atomic E-state index is 11.7. The number of anilines is 1. The predicted molar refractivity (Wildman–Crippen MR) is 70.4 cm³/mol. The summed E-state index contributed by atoms with van der Waals surface area (Å²) in [6.45, 7) is 5.59. The van der Waals surface area contributed by atoms with E-state index in [9.17, 15) is 9.59 Å². The quantitative estimate of drug-likeness (QED) is 0.816. The van der Waals surface area contributed by atoms with Crippen molar-refractivity contribution in [3.05, 3.63) is 29.8 Å². The zero-order chi connectivity index (χ0) is 13.5. The van der Waals surface area contributed by atoms with Gasteiger partial charge in [0.05, 0.1) is 12.5 Å². The number of ether oxygens (including phenoxy) is 1. The summed E-state index contributed by atoms with van der Waals surface area (Å²) in [5.41, 5.74) is 1.63. The molecule has 0 saturated heterocycles. The number of amides is 1. The first-order chi connectivity index (χ1) is 8.58. The summed E-state index contributed by atoms with van der Waals surface area (Å²) in [7, 11) is 0. The molecule has 1 atom stereocenters. The lowest BCUT2D eigenvalue weighted by molar-refractivity contribution is -0.145. The minimum absolute atomic E-state index is 0.111. The van der Waals surface area contributed by atoms with Gasteiger partial charge in [0.1, 0.15) is 0 Å². The molecule has 4 nitrogen and oxygen atoms in total. The van der Waals surface area contributed by atoms with Crippen LogP contribution in [0.4, 0.5) is 5.69 Å². The number of hydrogen-bond donors (Lipinski definition) is 1. The summed E-state index contributed by atoms with van der Waals surface area (Å²) < 4.78 is 5.04. The molecular weight excluding hydrogens is 230 g/mol. The van der Waals surface area contributed by atoms with Crippen molar-refractivity contribution in [1.29, 1.82) is 0 Å². The minimum atomic E-state index is -0.240. The van der Waals surface area contributed by atoms with E-state index in [-0.39, 0.29) is 17.8 Å². The van der Waals surface area contributed by atoms with Gasteiger partial charge in [-0.3, -0.25) is 9.59 Å². The van der Waals surface area contributed by atoms with Crippen LogP contribution in [0.15, 0.2) is 24.3 Å². The van der Waals surface area contributed by atoms with Gasteiger partial charge in [-0.25, -0.2) is 0 Å². The van der Waals surface area contributed by atoms with Gasteiger partial charge in [0.15, 0.2) is 0 Å². The van der Waals surface area contributed by atoms with Gasteiger partial charge in [-0.05, 0) is 31.0 Å². The summed E-state index contributed by atoms with van der Waals surface area (Å²) >= 11 is 0. The fourth-order valence-electron chi connectivity index (χ4n) is 1.78. The van der Waals surface area contributed by atoms with E-state index < -0.39 is 0 Å². The maximum atomic E-state index is 11.7. The van der Waals surface area contributed by atoms with Crippen LogP contribution in [-0.2, 0) is 14.3 Å². The smallest absolute Gasteiger partial charge is 0.313 e. The topological polar surface area (TPSA) is 55.4 Å². The van der Waals surface area contributed by atoms with Crippen molar-refractivity contribution in [2.24, 2.45) is 0 Å². The van der Waals surface area contributed by atoms with Gasteiger partial charge >= 0.3 is 5.97 Å². The molecule has 0 bridgehead atoms. The van der Waals surface area contributed by atoms with Crippen LogP contribution in [0.5, 0.6) is 0 Å². The van der Waals surface area contributed by atoms with Crippen LogP contribution in [-0.4, -0.2) is 18.5 Å². The summed E-state index contributed by atoms with van der Waals surface area (Å²) in [5.74, 6) is -0.552. The van der Waals surface area contributed by atoms with E-state index >= 15 is 0 Å². The molecule has 1 rings (SSSR count). The van der Waals surface area contributed by atoms with E-state index in [1.165, 1.54) is 6.92 Å². The molecule has 0 heterocycles. The zero-order valence-corrected chi connectivity index (χ0v) is 11.0. The first-order valence-electron chi connectivity index (χ1n) is 6.12. The number of hydrogen-bond acceptors (Lipinski definition) is 3. The van der Waals surface area contributed by atoms with Crippen LogP contribution in [0.2, 0.25) is 0 Å². The molecule has 0 unspecified atom stereocenters. The van der Waals surface area contributed by atoms with Gasteiger partial charge in [0.25, 0.3) is 0 Å². The molecule has 0 aliphatic carbocycles. The Labute approximate surface area is 107 Å². The molecule has 1 N–H and O–H groups in total. The second-order valence-electron chi connectivity index (χ2n) is 4.02. The highest BCUT2D eigenvalue weighted by atomic mass is 16.5. The van der Waals surface area contributed by atoms with Crippen LogP contribution in [0, 0.1) is 0 Å². The Morgan fingerprint density at radius 2 is 1.83 bits per heavy atom. The third-order valence-electron chi connectivity index (χ3n) is 2.61. The minimum Gasteiger partial charge on any atom is -0.466 e. The first-order valence-corrected chi connectivity index (χ1v) is 6.12. The largest absolute Gasteiger partial charge is 0.466 e. The van der Waals surface area contributed by atoms with Crippen molar-refractivity contribution < 1.29 is 14.3 Å². The summed E-state index contributed by atoms with van der Waals surface area (Å²) in [4.78, 5) is 22.6. The SMILES string of the molecule is CCOC(=O)[C@H](CC)c1ccc(NC(C)=O)cc1. The van der Waals surface area contributed by atoms with Gasteiger partial charge in [-0.1, -0.05) is 19.1 Å². The highest BCUT2D eigenvalue weighted by Gasteiger charge is 2.19. The summed E-state index contributed by atoms with van der Waals surface area (Å²) in [6.07, 6.45) is 0.693. The average Bonchev–Trinajstić information content (AvgIpc) is 2.32. The second kappa shape index (κ2) is 6.79. The van der Waals surface area contributed by atoms with E-state index in [2.05, 4.69) is 5.32 Å². The first kappa shape index (κ1) is 14.2. The molecule has 0 fully saturated rings. The van der Waals surface area contributed by atoms with Crippen molar-refractivity contribution in [3.8, 4) is 0 Å². The lowest BCUT2D eigenvalue weighted by atomic mass is 9.96. The highest BCUT2D eigenvalue weighted by molar-refractivity contribution is 5.88. The van der Waals surface area contributed by atoms with E-state index in [0.29, 0.717) is 13.0 Å². The third-order valence-corrected chi connectivity index (χ3v) is 2.61. The molecule has 0 saturated carbocycles. The third kappa shape index (κ3) is 3.87. The fourth-order valence-corrected chi connectivity index (χ4v) is 1.78. The Kier molecular flexibility index (Phi) is 5.36. The highest BCUT2D eigenvalue weighted by Crippen LogP contribution is 2.22. The van der Waals surface area contributed by atoms with E-state index in [4.69, 9.17) is 4.74 Å². The Morgan fingerprint density at radius 1 is 1.22 bits per heavy atom. The summed E-state index contributed by atoms with van der Waals surface area (Å²) in [6, 6.07) is 7.27. The number of carbonyl (C=O) groups is 2. The van der Waals surface area contributed by atoms with Crippen molar-refractivity contribution >= 4 is 17.6 Å². The molecule has 0 aliphatic heterocycles. The van der Waals surface area contributed by atoms with Crippen LogP contribution < -0.4 is 5.32 Å². The van der Waals surface area contributed by atoms with Gasteiger partial charge in [0, 0.05) is 12.6 Å². The second-order valence-corrected chi connectivity index (χ2v) is 4.02. The number of benzene rings is 1. The number of carbonyl (C=O) groups excluding carboxylic acids is 2. The molecule has 18 heavy (non-hydrogen) atoms. The fraction of sp³-hybridized carbons (Fsp3) is 0.429. The van der Waals surface area contributed by atoms with E-state index in [1.54, 1.807) is 19.1 Å². The van der Waals surface area contributed by atoms with Gasteiger partial charge in [0.2, 0.25) is 5.91 Å². The van der Waals surface area contributed by atoms with Gasteiger partial charge in [-0.2, -0.15) is 0 Å². The molecule has 1 aromatic rings. The Hall–Kier alpha value is -1.84. The molecular formula is C14H19NO3.